The molecule has 0 fully saturated rings. The van der Waals surface area contributed by atoms with Gasteiger partial charge < -0.3 is 9.30 Å². The van der Waals surface area contributed by atoms with Gasteiger partial charge in [0.25, 0.3) is 5.56 Å². The minimum Gasteiger partial charge on any atom is -0.463 e. The first kappa shape index (κ1) is 29.5. The number of benzene rings is 3. The van der Waals surface area contributed by atoms with Crippen LogP contribution in [0.1, 0.15) is 34.5 Å². The van der Waals surface area contributed by atoms with Gasteiger partial charge in [-0.3, -0.25) is 9.36 Å². The van der Waals surface area contributed by atoms with Crippen LogP contribution in [0.25, 0.3) is 22.7 Å². The number of nitrogens with zero attached hydrogens (tertiary/aromatic N) is 3. The lowest BCUT2D eigenvalue weighted by atomic mass is 9.97. The van der Waals surface area contributed by atoms with Crippen LogP contribution >= 0.6 is 45.9 Å². The number of thiazole rings is 1. The van der Waals surface area contributed by atoms with Crippen LogP contribution in [0.5, 0.6) is 0 Å². The molecule has 6 aromatic rings. The van der Waals surface area contributed by atoms with Crippen molar-refractivity contribution in [3.63, 3.8) is 0 Å². The number of fused-ring (bicyclic) bond motifs is 2. The van der Waals surface area contributed by atoms with Gasteiger partial charge in [0, 0.05) is 49.7 Å². The lowest BCUT2D eigenvalue weighted by molar-refractivity contribution is -0.138. The molecule has 0 aliphatic carbocycles. The molecule has 0 unspecified atom stereocenters. The van der Waals surface area contributed by atoms with Crippen molar-refractivity contribution in [2.45, 2.75) is 19.5 Å². The fraction of sp³-hybridized carbons (Fsp3) is 0.114. The number of hydrogen-bond donors (Lipinski definition) is 0. The average molecular weight is 671 g/mol. The summed E-state index contributed by atoms with van der Waals surface area (Å²) < 4.78 is 9.81. The molecule has 1 aliphatic heterocycles. The molecule has 6 nitrogen and oxygen atoms in total. The summed E-state index contributed by atoms with van der Waals surface area (Å²) in [5, 5.41) is 4.12. The summed E-state index contributed by atoms with van der Waals surface area (Å²) >= 11 is 15.4. The molecule has 7 rings (SSSR count). The van der Waals surface area contributed by atoms with Crippen LogP contribution in [-0.2, 0) is 16.1 Å². The van der Waals surface area contributed by atoms with Crippen LogP contribution in [0.4, 0.5) is 0 Å². The Morgan fingerprint density at radius 1 is 1.02 bits per heavy atom. The smallest absolute Gasteiger partial charge is 0.338 e. The number of carbonyl (C=O) groups excluding carboxylic acids is 1. The molecule has 0 saturated heterocycles. The van der Waals surface area contributed by atoms with Crippen molar-refractivity contribution in [2.75, 3.05) is 6.61 Å². The Labute approximate surface area is 276 Å². The van der Waals surface area contributed by atoms with E-state index in [1.54, 1.807) is 17.6 Å². The van der Waals surface area contributed by atoms with Crippen LogP contribution in [0.3, 0.4) is 0 Å². The van der Waals surface area contributed by atoms with E-state index >= 15 is 0 Å². The summed E-state index contributed by atoms with van der Waals surface area (Å²) in [7, 11) is 0. The SMILES string of the molecule is CCOC(=O)C1=C(c2ccccc2)N=c2s/c(=C\c3cn(Cc4ccc(Cl)cc4Cl)c4ccccc34)c(=O)n2[C@@H]1c1cccs1. The highest BCUT2D eigenvalue weighted by Crippen LogP contribution is 2.37. The molecule has 45 heavy (non-hydrogen) atoms. The van der Waals surface area contributed by atoms with E-state index in [2.05, 4.69) is 4.57 Å². The van der Waals surface area contributed by atoms with E-state index in [1.807, 2.05) is 96.5 Å². The van der Waals surface area contributed by atoms with Crippen molar-refractivity contribution < 1.29 is 9.53 Å². The Kier molecular flexibility index (Phi) is 8.06. The van der Waals surface area contributed by atoms with E-state index in [0.29, 0.717) is 37.2 Å². The van der Waals surface area contributed by atoms with Gasteiger partial charge in [0.05, 0.1) is 22.4 Å². The maximum Gasteiger partial charge on any atom is 0.338 e. The molecule has 1 aliphatic rings. The highest BCUT2D eigenvalue weighted by atomic mass is 35.5. The number of halogens is 2. The van der Waals surface area contributed by atoms with Gasteiger partial charge in [-0.25, -0.2) is 9.79 Å². The molecule has 0 radical (unpaired) electrons. The van der Waals surface area contributed by atoms with E-state index in [0.717, 1.165) is 32.5 Å². The Morgan fingerprint density at radius 2 is 1.82 bits per heavy atom. The van der Waals surface area contributed by atoms with Gasteiger partial charge >= 0.3 is 5.97 Å². The minimum absolute atomic E-state index is 0.206. The van der Waals surface area contributed by atoms with Crippen molar-refractivity contribution in [3.05, 3.63) is 153 Å². The van der Waals surface area contributed by atoms with Crippen molar-refractivity contribution in [3.8, 4) is 0 Å². The number of ether oxygens (including phenoxy) is 1. The number of esters is 1. The standard InChI is InChI=1S/C35H25Cl2N3O3S2/c1-2-43-34(42)30-31(21-9-4-3-5-10-21)38-35-40(32(30)28-13-8-16-44-28)33(41)29(45-35)17-23-20-39(27-12-7-6-11-25(23)27)19-22-14-15-24(36)18-26(22)37/h3-18,20,32H,2,19H2,1H3/b29-17-/t32-/m1/s1. The molecule has 0 amide bonds. The number of rotatable bonds is 7. The molecule has 0 bridgehead atoms. The maximum absolute atomic E-state index is 14.3. The third kappa shape index (κ3) is 5.48. The number of thiophene rings is 1. The van der Waals surface area contributed by atoms with Gasteiger partial charge in [-0.2, -0.15) is 0 Å². The summed E-state index contributed by atoms with van der Waals surface area (Å²) in [6.07, 6.45) is 3.94. The Morgan fingerprint density at radius 3 is 2.58 bits per heavy atom. The maximum atomic E-state index is 14.3. The number of aromatic nitrogens is 2. The second-order valence-electron chi connectivity index (χ2n) is 10.4. The van der Waals surface area contributed by atoms with Gasteiger partial charge in [0.1, 0.15) is 6.04 Å². The summed E-state index contributed by atoms with van der Waals surface area (Å²) in [5.74, 6) is -0.489. The first-order valence-electron chi connectivity index (χ1n) is 14.3. The van der Waals surface area contributed by atoms with Crippen molar-refractivity contribution in [2.24, 2.45) is 4.99 Å². The molecular weight excluding hydrogens is 645 g/mol. The number of carbonyl (C=O) groups is 1. The summed E-state index contributed by atoms with van der Waals surface area (Å²) in [6.45, 7) is 2.51. The predicted molar refractivity (Wildman–Crippen MR) is 183 cm³/mol. The minimum atomic E-state index is -0.675. The predicted octanol–water partition coefficient (Wildman–Crippen LogP) is 7.31. The summed E-state index contributed by atoms with van der Waals surface area (Å²) in [6, 6.07) is 26.3. The van der Waals surface area contributed by atoms with Gasteiger partial charge in [-0.05, 0) is 48.2 Å². The van der Waals surface area contributed by atoms with Crippen LogP contribution < -0.4 is 14.9 Å². The molecule has 10 heteroatoms. The van der Waals surface area contributed by atoms with Crippen LogP contribution in [0, 0.1) is 0 Å². The highest BCUT2D eigenvalue weighted by molar-refractivity contribution is 7.10. The molecule has 3 aromatic heterocycles. The zero-order valence-electron chi connectivity index (χ0n) is 23.9. The second kappa shape index (κ2) is 12.3. The Hall–Kier alpha value is -4.21. The monoisotopic (exact) mass is 669 g/mol. The lowest BCUT2D eigenvalue weighted by Gasteiger charge is -2.24. The summed E-state index contributed by atoms with van der Waals surface area (Å²) in [5.41, 5.74) is 4.25. The van der Waals surface area contributed by atoms with E-state index in [-0.39, 0.29) is 12.2 Å². The van der Waals surface area contributed by atoms with Crippen LogP contribution in [0.15, 0.2) is 112 Å². The van der Waals surface area contributed by atoms with Crippen LogP contribution in [-0.4, -0.2) is 21.7 Å². The zero-order chi connectivity index (χ0) is 31.1. The van der Waals surface area contributed by atoms with Crippen molar-refractivity contribution in [1.29, 1.82) is 0 Å². The Bertz CT molecular complexity index is 2280. The largest absolute Gasteiger partial charge is 0.463 e. The normalized spacial score (nSPS) is 14.9. The molecule has 0 N–H and O–H groups in total. The van der Waals surface area contributed by atoms with E-state index in [9.17, 15) is 9.59 Å². The lowest BCUT2D eigenvalue weighted by Crippen LogP contribution is -2.39. The van der Waals surface area contributed by atoms with Gasteiger partial charge in [-0.1, -0.05) is 95.2 Å². The molecule has 1 atom stereocenters. The second-order valence-corrected chi connectivity index (χ2v) is 13.2. The third-order valence-corrected chi connectivity index (χ3v) is 10.1. The van der Waals surface area contributed by atoms with E-state index < -0.39 is 12.0 Å². The molecule has 0 saturated carbocycles. The molecular formula is C35H25Cl2N3O3S2. The quantitative estimate of drug-likeness (QED) is 0.168. The van der Waals surface area contributed by atoms with E-state index in [1.165, 1.54) is 22.7 Å². The third-order valence-electron chi connectivity index (χ3n) is 7.65. The van der Waals surface area contributed by atoms with Crippen molar-refractivity contribution >= 4 is 74.5 Å². The Balaban J connectivity index is 1.43. The fourth-order valence-electron chi connectivity index (χ4n) is 5.65. The first-order chi connectivity index (χ1) is 21.9. The first-order valence-corrected chi connectivity index (χ1v) is 16.7. The molecule has 3 aromatic carbocycles. The van der Waals surface area contributed by atoms with Crippen molar-refractivity contribution in [1.82, 2.24) is 9.13 Å². The highest BCUT2D eigenvalue weighted by Gasteiger charge is 2.35. The summed E-state index contributed by atoms with van der Waals surface area (Å²) in [4.78, 5) is 34.2. The average Bonchev–Trinajstić information content (AvgIpc) is 3.77. The number of para-hydroxylation sites is 1. The van der Waals surface area contributed by atoms with Gasteiger partial charge in [0.15, 0.2) is 4.80 Å². The van der Waals surface area contributed by atoms with Gasteiger partial charge in [-0.15, -0.1) is 11.3 Å². The van der Waals surface area contributed by atoms with E-state index in [4.69, 9.17) is 32.9 Å². The van der Waals surface area contributed by atoms with Gasteiger partial charge in [0.2, 0.25) is 0 Å². The molecule has 0 spiro atoms. The number of hydrogen-bond acceptors (Lipinski definition) is 6. The molecule has 224 valence electrons. The zero-order valence-corrected chi connectivity index (χ0v) is 27.1. The van der Waals surface area contributed by atoms with Crippen LogP contribution in [0.2, 0.25) is 10.0 Å². The molecule has 4 heterocycles. The topological polar surface area (TPSA) is 65.6 Å². The fourth-order valence-corrected chi connectivity index (χ4v) is 7.94.